The summed E-state index contributed by atoms with van der Waals surface area (Å²) in [4.78, 5) is 28.0. The standard InChI is InChI=1S/C82H51N5OS2/c1-82(47-49-13-10-18-52(37-49)55-30-31-57-39-58(33-32-56(57)38-55)69-45-71(77-43-59-16-4-8-24-75(59)89-77)86-80(84-69)51-28-26-50(27-29-51)62-19-12-36-83-48-62)67-22-7-6-20-63(67)79-64(21-11-23-68(79)82)70-46-72(78-44-60-17-5-9-25-76(60)90-78)87-81(85-70)61-34-35-73-65(41-61)66-40-53-14-2-3-15-54(53)42-74(66)88-73/h2-46,48H,47H2,1H3. The van der Waals surface area contributed by atoms with Crippen molar-refractivity contribution in [2.45, 2.75) is 18.8 Å². The van der Waals surface area contributed by atoms with Crippen LogP contribution in [0, 0.1) is 0 Å². The number of benzene rings is 11. The second-order valence-electron chi connectivity index (χ2n) is 23.8. The first kappa shape index (κ1) is 52.1. The van der Waals surface area contributed by atoms with Crippen molar-refractivity contribution in [1.82, 2.24) is 24.9 Å². The van der Waals surface area contributed by atoms with Crippen LogP contribution in [0.3, 0.4) is 0 Å². The molecular weight excluding hydrogens is 1140 g/mol. The molecule has 11 aromatic carbocycles. The highest BCUT2D eigenvalue weighted by atomic mass is 32.1. The molecule has 6 heterocycles. The second kappa shape index (κ2) is 20.8. The molecule has 0 N–H and O–H groups in total. The third-order valence-electron chi connectivity index (χ3n) is 18.2. The van der Waals surface area contributed by atoms with Gasteiger partial charge in [0.05, 0.1) is 32.5 Å². The fourth-order valence-electron chi connectivity index (χ4n) is 13.7. The van der Waals surface area contributed by atoms with Crippen molar-refractivity contribution in [3.63, 3.8) is 0 Å². The number of furan rings is 1. The fourth-order valence-corrected chi connectivity index (χ4v) is 15.8. The molecule has 8 heteroatoms. The second-order valence-corrected chi connectivity index (χ2v) is 26.0. The number of fused-ring (bicyclic) bond motifs is 10. The smallest absolute Gasteiger partial charge is 0.160 e. The fraction of sp³-hybridized carbons (Fsp3) is 0.0366. The van der Waals surface area contributed by atoms with E-state index < -0.39 is 0 Å². The Balaban J connectivity index is 0.688. The average molecular weight is 1190 g/mol. The number of thiophene rings is 2. The van der Waals surface area contributed by atoms with Crippen molar-refractivity contribution in [1.29, 1.82) is 0 Å². The highest BCUT2D eigenvalue weighted by molar-refractivity contribution is 7.22. The van der Waals surface area contributed by atoms with Gasteiger partial charge in [0, 0.05) is 60.2 Å². The Bertz CT molecular complexity index is 5680. The number of aromatic nitrogens is 5. The number of hydrogen-bond acceptors (Lipinski definition) is 8. The summed E-state index contributed by atoms with van der Waals surface area (Å²) in [5, 5.41) is 9.17. The Morgan fingerprint density at radius 3 is 1.67 bits per heavy atom. The predicted octanol–water partition coefficient (Wildman–Crippen LogP) is 22.2. The average Bonchev–Trinajstić information content (AvgIpc) is 1.58. The Morgan fingerprint density at radius 2 is 0.911 bits per heavy atom. The van der Waals surface area contributed by atoms with Crippen molar-refractivity contribution in [3.05, 3.63) is 296 Å². The van der Waals surface area contributed by atoms with Gasteiger partial charge in [-0.15, -0.1) is 22.7 Å². The summed E-state index contributed by atoms with van der Waals surface area (Å²) in [6.45, 7) is 2.43. The number of pyridine rings is 1. The van der Waals surface area contributed by atoms with Gasteiger partial charge in [-0.3, -0.25) is 4.98 Å². The molecule has 0 amide bonds. The van der Waals surface area contributed by atoms with E-state index >= 15 is 0 Å². The molecule has 90 heavy (non-hydrogen) atoms. The van der Waals surface area contributed by atoms with Gasteiger partial charge in [-0.25, -0.2) is 19.9 Å². The van der Waals surface area contributed by atoms with Crippen LogP contribution in [0.4, 0.5) is 0 Å². The minimum Gasteiger partial charge on any atom is -0.456 e. The van der Waals surface area contributed by atoms with Crippen LogP contribution in [0.1, 0.15) is 23.6 Å². The molecule has 1 aliphatic carbocycles. The molecule has 1 atom stereocenters. The van der Waals surface area contributed by atoms with Crippen LogP contribution < -0.4 is 0 Å². The number of rotatable bonds is 10. The van der Waals surface area contributed by atoms with E-state index in [1.807, 2.05) is 12.3 Å². The molecule has 0 aliphatic heterocycles. The Hall–Kier alpha value is -11.0. The summed E-state index contributed by atoms with van der Waals surface area (Å²) >= 11 is 3.53. The quantitative estimate of drug-likeness (QED) is 0.136. The Labute approximate surface area is 526 Å². The molecule has 1 unspecified atom stereocenters. The van der Waals surface area contributed by atoms with E-state index in [1.165, 1.54) is 64.5 Å². The molecular formula is C82H51N5OS2. The maximum absolute atomic E-state index is 6.48. The lowest BCUT2D eigenvalue weighted by Gasteiger charge is -2.28. The van der Waals surface area contributed by atoms with Crippen LogP contribution in [-0.2, 0) is 11.8 Å². The molecule has 0 radical (unpaired) electrons. The zero-order valence-corrected chi connectivity index (χ0v) is 50.4. The maximum Gasteiger partial charge on any atom is 0.160 e. The van der Waals surface area contributed by atoms with Gasteiger partial charge in [0.15, 0.2) is 11.6 Å². The maximum atomic E-state index is 6.48. The van der Waals surface area contributed by atoms with Gasteiger partial charge in [0.25, 0.3) is 0 Å². The number of hydrogen-bond donors (Lipinski definition) is 0. The van der Waals surface area contributed by atoms with Crippen molar-refractivity contribution >= 4 is 86.3 Å². The van der Waals surface area contributed by atoms with Gasteiger partial charge < -0.3 is 4.42 Å². The molecule has 0 spiro atoms. The molecule has 0 bridgehead atoms. The molecule has 6 nitrogen and oxygen atoms in total. The van der Waals surface area contributed by atoms with E-state index in [0.717, 1.165) is 110 Å². The van der Waals surface area contributed by atoms with Gasteiger partial charge >= 0.3 is 0 Å². The molecule has 0 saturated carbocycles. The third-order valence-corrected chi connectivity index (χ3v) is 20.5. The van der Waals surface area contributed by atoms with E-state index in [4.69, 9.17) is 24.4 Å². The summed E-state index contributed by atoms with van der Waals surface area (Å²) in [6.07, 6.45) is 4.50. The van der Waals surface area contributed by atoms with Crippen molar-refractivity contribution in [2.75, 3.05) is 0 Å². The third kappa shape index (κ3) is 8.94. The van der Waals surface area contributed by atoms with E-state index in [2.05, 4.69) is 273 Å². The summed E-state index contributed by atoms with van der Waals surface area (Å²) in [7, 11) is 0. The molecule has 0 saturated heterocycles. The minimum absolute atomic E-state index is 0.344. The lowest BCUT2D eigenvalue weighted by atomic mass is 9.75. The van der Waals surface area contributed by atoms with Gasteiger partial charge in [0.1, 0.15) is 11.2 Å². The summed E-state index contributed by atoms with van der Waals surface area (Å²) in [5.74, 6) is 1.36. The van der Waals surface area contributed by atoms with E-state index in [9.17, 15) is 0 Å². The molecule has 18 rings (SSSR count). The van der Waals surface area contributed by atoms with Crippen molar-refractivity contribution < 1.29 is 4.42 Å². The Kier molecular flexibility index (Phi) is 12.1. The minimum atomic E-state index is -0.344. The molecule has 17 aromatic rings. The monoisotopic (exact) mass is 1190 g/mol. The van der Waals surface area contributed by atoms with E-state index in [-0.39, 0.29) is 5.41 Å². The van der Waals surface area contributed by atoms with Gasteiger partial charge in [0.2, 0.25) is 0 Å². The Morgan fingerprint density at radius 1 is 0.356 bits per heavy atom. The van der Waals surface area contributed by atoms with Crippen LogP contribution in [0.5, 0.6) is 0 Å². The number of nitrogens with zero attached hydrogens (tertiary/aromatic N) is 5. The van der Waals surface area contributed by atoms with Crippen molar-refractivity contribution in [2.24, 2.45) is 0 Å². The molecule has 1 aliphatic rings. The van der Waals surface area contributed by atoms with Crippen LogP contribution in [-0.4, -0.2) is 24.9 Å². The highest BCUT2D eigenvalue weighted by Gasteiger charge is 2.41. The van der Waals surface area contributed by atoms with E-state index in [1.54, 1.807) is 28.9 Å². The highest BCUT2D eigenvalue weighted by Crippen LogP contribution is 2.54. The summed E-state index contributed by atoms with van der Waals surface area (Å²) in [6, 6.07) is 96.2. The largest absolute Gasteiger partial charge is 0.456 e. The molecule has 422 valence electrons. The lowest BCUT2D eigenvalue weighted by Crippen LogP contribution is -2.24. The van der Waals surface area contributed by atoms with Crippen LogP contribution >= 0.6 is 22.7 Å². The SMILES string of the molecule is CC1(Cc2cccc(-c3ccc4cc(-c5cc(-c6cc7ccccc7s6)nc(-c6ccc(-c7cccnc7)cc6)n5)ccc4c3)c2)c2ccccc2-c2c(-c3cc(-c4cc5ccccc5s4)nc(-c4ccc5oc6cc7ccccc7cc6c5c4)n3)cccc21. The van der Waals surface area contributed by atoms with Gasteiger partial charge in [-0.1, -0.05) is 189 Å². The first-order valence-corrected chi connectivity index (χ1v) is 32.0. The summed E-state index contributed by atoms with van der Waals surface area (Å²) in [5.41, 5.74) is 19.8. The lowest BCUT2D eigenvalue weighted by molar-refractivity contribution is 0.583. The molecule has 0 fully saturated rings. The first-order valence-electron chi connectivity index (χ1n) is 30.4. The van der Waals surface area contributed by atoms with E-state index in [0.29, 0.717) is 11.6 Å². The van der Waals surface area contributed by atoms with Crippen molar-refractivity contribution in [3.8, 4) is 99.8 Å². The zero-order valence-electron chi connectivity index (χ0n) is 48.7. The molecule has 6 aromatic heterocycles. The van der Waals surface area contributed by atoms with Gasteiger partial charge in [-0.2, -0.15) is 0 Å². The predicted molar refractivity (Wildman–Crippen MR) is 374 cm³/mol. The summed E-state index contributed by atoms with van der Waals surface area (Å²) < 4.78 is 8.93. The zero-order chi connectivity index (χ0) is 59.4. The van der Waals surface area contributed by atoms with Gasteiger partial charge in [-0.05, 0) is 174 Å². The van der Waals surface area contributed by atoms with Crippen LogP contribution in [0.25, 0.3) is 163 Å². The normalized spacial score (nSPS) is 13.7. The first-order chi connectivity index (χ1) is 44.4. The van der Waals surface area contributed by atoms with Crippen LogP contribution in [0.2, 0.25) is 0 Å². The van der Waals surface area contributed by atoms with Crippen LogP contribution in [0.15, 0.2) is 284 Å². The topological polar surface area (TPSA) is 77.6 Å².